The van der Waals surface area contributed by atoms with E-state index in [-0.39, 0.29) is 41.7 Å². The fourth-order valence-corrected chi connectivity index (χ4v) is 4.85. The molecule has 0 unspecified atom stereocenters. The molecule has 34 heavy (non-hydrogen) atoms. The Balaban J connectivity index is 1.68. The zero-order valence-electron chi connectivity index (χ0n) is 19.7. The van der Waals surface area contributed by atoms with Gasteiger partial charge in [0.25, 0.3) is 16.0 Å². The lowest BCUT2D eigenvalue weighted by atomic mass is 10.0. The summed E-state index contributed by atoms with van der Waals surface area (Å²) in [5.74, 6) is -0.261. The van der Waals surface area contributed by atoms with Gasteiger partial charge in [-0.15, -0.1) is 0 Å². The summed E-state index contributed by atoms with van der Waals surface area (Å²) in [7, 11) is -4.43. The van der Waals surface area contributed by atoms with Gasteiger partial charge < -0.3 is 9.64 Å². The zero-order chi connectivity index (χ0) is 25.3. The van der Waals surface area contributed by atoms with E-state index in [1.54, 1.807) is 35.2 Å². The average Bonchev–Trinajstić information content (AvgIpc) is 2.75. The highest BCUT2D eigenvalue weighted by Crippen LogP contribution is 2.37. The number of ether oxygens (including phenoxy) is 1. The van der Waals surface area contributed by atoms with Gasteiger partial charge in [0, 0.05) is 41.8 Å². The maximum atomic E-state index is 13.2. The van der Waals surface area contributed by atoms with Crippen molar-refractivity contribution in [3.63, 3.8) is 0 Å². The van der Waals surface area contributed by atoms with Crippen LogP contribution in [-0.4, -0.2) is 60.5 Å². The van der Waals surface area contributed by atoms with Crippen LogP contribution in [0.2, 0.25) is 0 Å². The topological polar surface area (TPSA) is 87.2 Å². The van der Waals surface area contributed by atoms with Crippen LogP contribution in [0.4, 0.5) is 4.39 Å². The standard InChI is InChI=1S/C24H30BrFN2O5S/c1-16-13-28(17(2)12-27(16)14-18-5-8-20(26)9-6-18)23(29)15-33-22-10-7-19(25)11-21(22)24(3,4)34(30,31)32/h5-11,16-17H,12-15H2,1-4H3,(H,30,31,32)/t16-,17+/m0/s1. The molecule has 0 radical (unpaired) electrons. The molecule has 1 aliphatic heterocycles. The number of amides is 1. The molecule has 1 amide bonds. The van der Waals surface area contributed by atoms with Gasteiger partial charge in [-0.05, 0) is 63.6 Å². The van der Waals surface area contributed by atoms with Gasteiger partial charge in [0.05, 0.1) is 0 Å². The van der Waals surface area contributed by atoms with Crippen LogP contribution in [0.1, 0.15) is 38.8 Å². The molecule has 2 atom stereocenters. The van der Waals surface area contributed by atoms with Crippen LogP contribution in [0.25, 0.3) is 0 Å². The number of carbonyl (C=O) groups is 1. The number of halogens is 2. The van der Waals surface area contributed by atoms with E-state index in [2.05, 4.69) is 20.8 Å². The summed E-state index contributed by atoms with van der Waals surface area (Å²) in [6, 6.07) is 11.3. The highest BCUT2D eigenvalue weighted by Gasteiger charge is 2.38. The van der Waals surface area contributed by atoms with Crippen LogP contribution in [-0.2, 0) is 26.2 Å². The fourth-order valence-electron chi connectivity index (χ4n) is 4.05. The summed E-state index contributed by atoms with van der Waals surface area (Å²) in [5.41, 5.74) is 1.26. The third-order valence-electron chi connectivity index (χ3n) is 6.32. The van der Waals surface area contributed by atoms with Crippen molar-refractivity contribution >= 4 is 32.0 Å². The van der Waals surface area contributed by atoms with Crippen LogP contribution >= 0.6 is 15.9 Å². The minimum atomic E-state index is -4.43. The number of benzene rings is 2. The van der Waals surface area contributed by atoms with Crippen molar-refractivity contribution in [1.82, 2.24) is 9.80 Å². The number of piperazine rings is 1. The van der Waals surface area contributed by atoms with Gasteiger partial charge in [0.1, 0.15) is 16.3 Å². The van der Waals surface area contributed by atoms with Crippen molar-refractivity contribution in [1.29, 1.82) is 0 Å². The maximum absolute atomic E-state index is 13.2. The molecule has 1 aliphatic rings. The predicted molar refractivity (Wildman–Crippen MR) is 132 cm³/mol. The number of hydrogen-bond donors (Lipinski definition) is 1. The highest BCUT2D eigenvalue weighted by atomic mass is 79.9. The van der Waals surface area contributed by atoms with E-state index in [1.807, 2.05) is 13.8 Å². The van der Waals surface area contributed by atoms with Gasteiger partial charge in [0.15, 0.2) is 6.61 Å². The molecule has 1 saturated heterocycles. The third kappa shape index (κ3) is 5.97. The van der Waals surface area contributed by atoms with E-state index in [9.17, 15) is 22.2 Å². The normalized spacial score (nSPS) is 19.8. The lowest BCUT2D eigenvalue weighted by Gasteiger charge is -2.44. The molecule has 7 nitrogen and oxygen atoms in total. The molecule has 10 heteroatoms. The second-order valence-corrected chi connectivity index (χ2v) is 12.1. The lowest BCUT2D eigenvalue weighted by Crippen LogP contribution is -2.58. The van der Waals surface area contributed by atoms with Crippen molar-refractivity contribution in [2.45, 2.75) is 51.1 Å². The number of rotatable bonds is 7. The Bertz CT molecular complexity index is 1140. The molecule has 0 spiro atoms. The SMILES string of the molecule is C[C@@H]1CN(Cc2ccc(F)cc2)[C@@H](C)CN1C(=O)COc1ccc(Br)cc1C(C)(C)S(=O)(=O)O. The first kappa shape index (κ1) is 26.6. The van der Waals surface area contributed by atoms with E-state index in [1.165, 1.54) is 26.0 Å². The number of carbonyl (C=O) groups excluding carboxylic acids is 1. The Morgan fingerprint density at radius 3 is 2.41 bits per heavy atom. The van der Waals surface area contributed by atoms with Crippen LogP contribution in [0.15, 0.2) is 46.9 Å². The number of nitrogens with zero attached hydrogens (tertiary/aromatic N) is 2. The zero-order valence-corrected chi connectivity index (χ0v) is 22.1. The first-order valence-electron chi connectivity index (χ1n) is 11.0. The molecule has 0 bridgehead atoms. The summed E-state index contributed by atoms with van der Waals surface area (Å²) < 4.78 is 51.6. The Kier molecular flexibility index (Phi) is 8.07. The van der Waals surface area contributed by atoms with Crippen LogP contribution < -0.4 is 4.74 Å². The number of hydrogen-bond acceptors (Lipinski definition) is 5. The van der Waals surface area contributed by atoms with Crippen molar-refractivity contribution in [3.05, 3.63) is 63.9 Å². The molecule has 0 saturated carbocycles. The van der Waals surface area contributed by atoms with Gasteiger partial charge in [-0.1, -0.05) is 28.1 Å². The highest BCUT2D eigenvalue weighted by molar-refractivity contribution is 9.10. The lowest BCUT2D eigenvalue weighted by molar-refractivity contribution is -0.139. The van der Waals surface area contributed by atoms with Gasteiger partial charge >= 0.3 is 0 Å². The molecule has 2 aromatic carbocycles. The van der Waals surface area contributed by atoms with Gasteiger partial charge in [-0.2, -0.15) is 8.42 Å². The Hall–Kier alpha value is -2.01. The minimum absolute atomic E-state index is 0.0635. The smallest absolute Gasteiger partial charge is 0.274 e. The Labute approximate surface area is 208 Å². The maximum Gasteiger partial charge on any atom is 0.274 e. The first-order chi connectivity index (χ1) is 15.8. The van der Waals surface area contributed by atoms with E-state index in [4.69, 9.17) is 4.74 Å². The van der Waals surface area contributed by atoms with Crippen LogP contribution in [0, 0.1) is 5.82 Å². The molecule has 1 N–H and O–H groups in total. The molecular weight excluding hydrogens is 527 g/mol. The molecule has 186 valence electrons. The van der Waals surface area contributed by atoms with Gasteiger partial charge in [-0.3, -0.25) is 14.2 Å². The van der Waals surface area contributed by atoms with Gasteiger partial charge in [0.2, 0.25) is 0 Å². The predicted octanol–water partition coefficient (Wildman–Crippen LogP) is 4.21. The minimum Gasteiger partial charge on any atom is -0.483 e. The van der Waals surface area contributed by atoms with Crippen molar-refractivity contribution in [3.8, 4) is 5.75 Å². The van der Waals surface area contributed by atoms with Crippen molar-refractivity contribution in [2.24, 2.45) is 0 Å². The van der Waals surface area contributed by atoms with E-state index >= 15 is 0 Å². The summed E-state index contributed by atoms with van der Waals surface area (Å²) in [6.07, 6.45) is 0. The third-order valence-corrected chi connectivity index (χ3v) is 8.32. The monoisotopic (exact) mass is 556 g/mol. The molecular formula is C24H30BrFN2O5S. The second kappa shape index (κ2) is 10.3. The molecule has 2 aromatic rings. The van der Waals surface area contributed by atoms with E-state index < -0.39 is 14.9 Å². The summed E-state index contributed by atoms with van der Waals surface area (Å²) in [5, 5.41) is 0. The second-order valence-electron chi connectivity index (χ2n) is 9.21. The average molecular weight is 557 g/mol. The first-order valence-corrected chi connectivity index (χ1v) is 13.2. The fraction of sp³-hybridized carbons (Fsp3) is 0.458. The quantitative estimate of drug-likeness (QED) is 0.514. The Morgan fingerprint density at radius 1 is 1.15 bits per heavy atom. The van der Waals surface area contributed by atoms with Crippen LogP contribution in [0.5, 0.6) is 5.75 Å². The van der Waals surface area contributed by atoms with Crippen molar-refractivity contribution < 1.29 is 26.9 Å². The summed E-state index contributed by atoms with van der Waals surface area (Å²) >= 11 is 3.31. The van der Waals surface area contributed by atoms with Crippen LogP contribution in [0.3, 0.4) is 0 Å². The van der Waals surface area contributed by atoms with E-state index in [0.717, 1.165) is 5.56 Å². The largest absolute Gasteiger partial charge is 0.483 e. The van der Waals surface area contributed by atoms with Crippen molar-refractivity contribution in [2.75, 3.05) is 19.7 Å². The Morgan fingerprint density at radius 2 is 1.79 bits per heavy atom. The van der Waals surface area contributed by atoms with Gasteiger partial charge in [-0.25, -0.2) is 4.39 Å². The molecule has 0 aliphatic carbocycles. The van der Waals surface area contributed by atoms with E-state index in [0.29, 0.717) is 24.1 Å². The molecule has 3 rings (SSSR count). The molecule has 1 fully saturated rings. The summed E-state index contributed by atoms with van der Waals surface area (Å²) in [6.45, 7) is 8.33. The summed E-state index contributed by atoms with van der Waals surface area (Å²) in [4.78, 5) is 17.0. The molecule has 1 heterocycles. The molecule has 0 aromatic heterocycles.